The molecule has 1 heterocycles. The highest BCUT2D eigenvalue weighted by Crippen LogP contribution is 2.27. The Morgan fingerprint density at radius 1 is 1.05 bits per heavy atom. The molecule has 0 atom stereocenters. The Morgan fingerprint density at radius 2 is 1.64 bits per heavy atom. The van der Waals surface area contributed by atoms with Crippen molar-refractivity contribution >= 4 is 0 Å². The van der Waals surface area contributed by atoms with Crippen molar-refractivity contribution in [1.82, 2.24) is 9.97 Å². The fourth-order valence-corrected chi connectivity index (χ4v) is 1.39. The summed E-state index contributed by atoms with van der Waals surface area (Å²) >= 11 is 0. The van der Waals surface area contributed by atoms with Crippen molar-refractivity contribution in [3.8, 4) is 17.6 Å². The van der Waals surface area contributed by atoms with Gasteiger partial charge in [-0.25, -0.2) is 9.97 Å². The highest BCUT2D eigenvalue weighted by Gasteiger charge is 2.43. The van der Waals surface area contributed by atoms with Crippen molar-refractivity contribution < 1.29 is 22.3 Å². The van der Waals surface area contributed by atoms with Crippen molar-refractivity contribution in [3.63, 3.8) is 0 Å². The van der Waals surface area contributed by atoms with Crippen LogP contribution in [-0.2, 0) is 0 Å². The molecule has 0 N–H and O–H groups in total. The smallest absolute Gasteiger partial charge is 0.428 e. The lowest BCUT2D eigenvalue weighted by Crippen LogP contribution is -2.33. The molecular weight excluding hydrogens is 300 g/mol. The van der Waals surface area contributed by atoms with Gasteiger partial charge in [-0.15, -0.1) is 0 Å². The Hall–Kier alpha value is -2.62. The Labute approximate surface area is 124 Å². The molecule has 0 unspecified atom stereocenters. The molecule has 3 nitrogen and oxygen atoms in total. The van der Waals surface area contributed by atoms with Gasteiger partial charge in [0.2, 0.25) is 5.82 Å². The molecule has 22 heavy (non-hydrogen) atoms. The van der Waals surface area contributed by atoms with Gasteiger partial charge in [0.05, 0.1) is 0 Å². The number of aromatic nitrogens is 2. The maximum atomic E-state index is 12.7. The summed E-state index contributed by atoms with van der Waals surface area (Å²) in [6.45, 7) is 1.84. The zero-order chi connectivity index (χ0) is 16.2. The predicted molar refractivity (Wildman–Crippen MR) is 70.8 cm³/mol. The van der Waals surface area contributed by atoms with Crippen LogP contribution in [0.25, 0.3) is 0 Å². The lowest BCUT2D eigenvalue weighted by atomic mass is 10.2. The zero-order valence-electron chi connectivity index (χ0n) is 11.4. The molecule has 0 bridgehead atoms. The number of hydrogen-bond donors (Lipinski definition) is 0. The van der Waals surface area contributed by atoms with Crippen LogP contribution < -0.4 is 4.74 Å². The van der Waals surface area contributed by atoms with Gasteiger partial charge in [-0.1, -0.05) is 5.92 Å². The van der Waals surface area contributed by atoms with Gasteiger partial charge in [-0.3, -0.25) is 0 Å². The minimum Gasteiger partial charge on any atom is -0.428 e. The summed E-state index contributed by atoms with van der Waals surface area (Å²) < 4.78 is 53.4. The third-order valence-corrected chi connectivity index (χ3v) is 2.46. The number of rotatable bonds is 3. The Balaban J connectivity index is 2.08. The molecule has 0 aliphatic heterocycles. The quantitative estimate of drug-likeness (QED) is 0.643. The van der Waals surface area contributed by atoms with Crippen molar-refractivity contribution in [3.05, 3.63) is 53.6 Å². The summed E-state index contributed by atoms with van der Waals surface area (Å²) in [6.07, 6.45) is -5.20. The summed E-state index contributed by atoms with van der Waals surface area (Å²) in [7, 11) is 0. The van der Waals surface area contributed by atoms with Crippen LogP contribution in [0, 0.1) is 18.8 Å². The van der Waals surface area contributed by atoms with Crippen LogP contribution in [-0.4, -0.2) is 22.5 Å². The van der Waals surface area contributed by atoms with Crippen LogP contribution in [0.1, 0.15) is 17.0 Å². The third kappa shape index (κ3) is 4.19. The topological polar surface area (TPSA) is 35.0 Å². The SMILES string of the molecule is Cc1cnc(C#Cc2ccc(OC(F)(F)C(F)F)cc2)nc1. The molecule has 0 saturated heterocycles. The van der Waals surface area contributed by atoms with Crippen LogP contribution in [0.2, 0.25) is 0 Å². The summed E-state index contributed by atoms with van der Waals surface area (Å²) in [5, 5.41) is 0. The third-order valence-electron chi connectivity index (χ3n) is 2.46. The fraction of sp³-hybridized carbons (Fsp3) is 0.200. The van der Waals surface area contributed by atoms with E-state index in [0.717, 1.165) is 17.7 Å². The van der Waals surface area contributed by atoms with Crippen molar-refractivity contribution in [2.45, 2.75) is 19.5 Å². The molecule has 7 heteroatoms. The standard InChI is InChI=1S/C15H10F4N2O/c1-10-8-20-13(21-9-10)7-4-11-2-5-12(6-3-11)22-15(18,19)14(16)17/h2-3,5-6,8-9,14H,1H3. The van der Waals surface area contributed by atoms with E-state index in [1.807, 2.05) is 6.92 Å². The molecule has 0 aliphatic carbocycles. The van der Waals surface area contributed by atoms with Crippen LogP contribution in [0.5, 0.6) is 5.75 Å². The first kappa shape index (κ1) is 15.8. The maximum Gasteiger partial charge on any atom is 0.461 e. The lowest BCUT2D eigenvalue weighted by molar-refractivity contribution is -0.253. The van der Waals surface area contributed by atoms with E-state index in [0.29, 0.717) is 11.4 Å². The Bertz CT molecular complexity index is 688. The van der Waals surface area contributed by atoms with Gasteiger partial charge in [-0.2, -0.15) is 17.6 Å². The maximum absolute atomic E-state index is 12.7. The molecule has 0 aliphatic rings. The van der Waals surface area contributed by atoms with E-state index in [4.69, 9.17) is 0 Å². The Kier molecular flexibility index (Phi) is 4.61. The summed E-state index contributed by atoms with van der Waals surface area (Å²) in [6, 6.07) is 5.02. The second kappa shape index (κ2) is 6.43. The van der Waals surface area contributed by atoms with Crippen LogP contribution in [0.15, 0.2) is 36.7 Å². The van der Waals surface area contributed by atoms with Gasteiger partial charge in [0.15, 0.2) is 0 Å². The minimum atomic E-state index is -4.52. The lowest BCUT2D eigenvalue weighted by Gasteiger charge is -2.16. The van der Waals surface area contributed by atoms with Gasteiger partial charge in [-0.05, 0) is 42.7 Å². The monoisotopic (exact) mass is 310 g/mol. The highest BCUT2D eigenvalue weighted by molar-refractivity contribution is 5.41. The molecular formula is C15H10F4N2O. The number of ether oxygens (including phenoxy) is 1. The number of aryl methyl sites for hydroxylation is 1. The predicted octanol–water partition coefficient (Wildman–Crippen LogP) is 3.42. The fourth-order valence-electron chi connectivity index (χ4n) is 1.39. The van der Waals surface area contributed by atoms with E-state index < -0.39 is 12.5 Å². The zero-order valence-corrected chi connectivity index (χ0v) is 11.4. The van der Waals surface area contributed by atoms with Gasteiger partial charge < -0.3 is 4.74 Å². The second-order valence-electron chi connectivity index (χ2n) is 4.32. The molecule has 0 radical (unpaired) electrons. The molecule has 0 spiro atoms. The summed E-state index contributed by atoms with van der Waals surface area (Å²) in [4.78, 5) is 7.97. The molecule has 2 rings (SSSR count). The highest BCUT2D eigenvalue weighted by atomic mass is 19.3. The molecule has 1 aromatic heterocycles. The van der Waals surface area contributed by atoms with Crippen LogP contribution >= 0.6 is 0 Å². The molecule has 0 saturated carbocycles. The van der Waals surface area contributed by atoms with E-state index >= 15 is 0 Å². The molecule has 2 aromatic rings. The number of benzene rings is 1. The molecule has 0 fully saturated rings. The molecule has 0 amide bonds. The molecule has 1 aromatic carbocycles. The average molecular weight is 310 g/mol. The largest absolute Gasteiger partial charge is 0.461 e. The molecule has 114 valence electrons. The minimum absolute atomic E-state index is 0.315. The van der Waals surface area contributed by atoms with E-state index in [-0.39, 0.29) is 5.75 Å². The van der Waals surface area contributed by atoms with Gasteiger partial charge in [0.25, 0.3) is 0 Å². The van der Waals surface area contributed by atoms with Crippen LogP contribution in [0.3, 0.4) is 0 Å². The second-order valence-corrected chi connectivity index (χ2v) is 4.32. The van der Waals surface area contributed by atoms with E-state index in [9.17, 15) is 17.6 Å². The van der Waals surface area contributed by atoms with Crippen LogP contribution in [0.4, 0.5) is 17.6 Å². The van der Waals surface area contributed by atoms with E-state index in [1.54, 1.807) is 12.4 Å². The number of alkyl halides is 4. The number of hydrogen-bond acceptors (Lipinski definition) is 3. The Morgan fingerprint density at radius 3 is 2.18 bits per heavy atom. The van der Waals surface area contributed by atoms with Gasteiger partial charge >= 0.3 is 12.5 Å². The van der Waals surface area contributed by atoms with Crippen molar-refractivity contribution in [2.75, 3.05) is 0 Å². The first-order valence-electron chi connectivity index (χ1n) is 6.12. The number of nitrogens with zero attached hydrogens (tertiary/aromatic N) is 2. The average Bonchev–Trinajstić information content (AvgIpc) is 2.48. The number of halogens is 4. The van der Waals surface area contributed by atoms with Crippen molar-refractivity contribution in [1.29, 1.82) is 0 Å². The first-order chi connectivity index (χ1) is 10.4. The van der Waals surface area contributed by atoms with E-state index in [2.05, 4.69) is 26.5 Å². The summed E-state index contributed by atoms with van der Waals surface area (Å²) in [5.41, 5.74) is 1.38. The normalized spacial score (nSPS) is 11.0. The first-order valence-corrected chi connectivity index (χ1v) is 6.12. The van der Waals surface area contributed by atoms with E-state index in [1.165, 1.54) is 12.1 Å². The van der Waals surface area contributed by atoms with Crippen molar-refractivity contribution in [2.24, 2.45) is 0 Å². The van der Waals surface area contributed by atoms with Gasteiger partial charge in [0, 0.05) is 18.0 Å². The van der Waals surface area contributed by atoms with Gasteiger partial charge in [0.1, 0.15) is 5.75 Å². The summed E-state index contributed by atoms with van der Waals surface area (Å²) in [5.74, 6) is 5.36.